The molecule has 4 heteroatoms. The van der Waals surface area contributed by atoms with E-state index < -0.39 is 0 Å². The Balaban J connectivity index is 1.91. The molecule has 0 saturated heterocycles. The van der Waals surface area contributed by atoms with Crippen molar-refractivity contribution in [3.63, 3.8) is 0 Å². The number of hydrogen-bond donors (Lipinski definition) is 0. The smallest absolute Gasteiger partial charge is 0.231 e. The zero-order valence-corrected chi connectivity index (χ0v) is 11.6. The molecule has 2 heterocycles. The molecule has 2 aromatic rings. The number of benzene rings is 1. The number of halogens is 1. The van der Waals surface area contributed by atoms with E-state index in [9.17, 15) is 0 Å². The molecular formula is C14H10INO2. The summed E-state index contributed by atoms with van der Waals surface area (Å²) in [4.78, 5) is 4.25. The van der Waals surface area contributed by atoms with Crippen molar-refractivity contribution in [2.75, 3.05) is 6.79 Å². The molecule has 0 atom stereocenters. The molecule has 0 N–H and O–H groups in total. The normalized spacial score (nSPS) is 13.2. The molecule has 1 aliphatic rings. The summed E-state index contributed by atoms with van der Waals surface area (Å²) in [5.74, 6) is 1.62. The summed E-state index contributed by atoms with van der Waals surface area (Å²) >= 11 is 2.29. The molecule has 1 aromatic heterocycles. The predicted octanol–water partition coefficient (Wildman–Crippen LogP) is 3.59. The molecule has 0 radical (unpaired) electrons. The number of aromatic nitrogens is 1. The summed E-state index contributed by atoms with van der Waals surface area (Å²) < 4.78 is 11.8. The van der Waals surface area contributed by atoms with Gasteiger partial charge in [-0.05, 0) is 58.5 Å². The molecule has 1 aromatic carbocycles. The van der Waals surface area contributed by atoms with Gasteiger partial charge in [0.1, 0.15) is 0 Å². The van der Waals surface area contributed by atoms with Crippen molar-refractivity contribution < 1.29 is 9.47 Å². The van der Waals surface area contributed by atoms with Crippen molar-refractivity contribution in [3.05, 3.63) is 51.4 Å². The third-order valence-corrected chi connectivity index (χ3v) is 3.55. The van der Waals surface area contributed by atoms with Gasteiger partial charge in [0.15, 0.2) is 11.5 Å². The van der Waals surface area contributed by atoms with Crippen LogP contribution in [0.2, 0.25) is 0 Å². The molecule has 1 aliphatic heterocycles. The summed E-state index contributed by atoms with van der Waals surface area (Å²) in [6.45, 7) is 0.304. The Morgan fingerprint density at radius 2 is 1.94 bits per heavy atom. The van der Waals surface area contributed by atoms with Crippen LogP contribution in [0.25, 0.3) is 12.2 Å². The minimum atomic E-state index is 0.304. The first-order chi connectivity index (χ1) is 8.83. The van der Waals surface area contributed by atoms with Crippen molar-refractivity contribution >= 4 is 34.7 Å². The fourth-order valence-electron chi connectivity index (χ4n) is 1.71. The lowest BCUT2D eigenvalue weighted by Gasteiger charge is -2.01. The van der Waals surface area contributed by atoms with Crippen LogP contribution in [0.4, 0.5) is 0 Å². The SMILES string of the molecule is Ic1cc2c(cc1/C=C\c1ccccn1)OCO2. The van der Waals surface area contributed by atoms with E-state index in [0.717, 1.165) is 26.3 Å². The van der Waals surface area contributed by atoms with Gasteiger partial charge in [-0.2, -0.15) is 0 Å². The standard InChI is InChI=1S/C14H10INO2/c15-12-8-14-13(17-9-18-14)7-10(12)4-5-11-3-1-2-6-16-11/h1-8H,9H2/b5-4-. The van der Waals surface area contributed by atoms with Crippen LogP contribution in [-0.4, -0.2) is 11.8 Å². The van der Waals surface area contributed by atoms with Crippen LogP contribution >= 0.6 is 22.6 Å². The second kappa shape index (κ2) is 4.97. The van der Waals surface area contributed by atoms with Crippen LogP contribution in [0, 0.1) is 3.57 Å². The number of fused-ring (bicyclic) bond motifs is 1. The molecule has 3 rings (SSSR count). The molecule has 0 saturated carbocycles. The summed E-state index contributed by atoms with van der Waals surface area (Å²) in [6, 6.07) is 9.82. The summed E-state index contributed by atoms with van der Waals surface area (Å²) in [5.41, 5.74) is 2.04. The molecular weight excluding hydrogens is 341 g/mol. The first-order valence-corrected chi connectivity index (χ1v) is 6.59. The average molecular weight is 351 g/mol. The molecule has 0 fully saturated rings. The Bertz CT molecular complexity index is 596. The second-order valence-electron chi connectivity index (χ2n) is 3.81. The zero-order valence-electron chi connectivity index (χ0n) is 9.47. The zero-order chi connectivity index (χ0) is 12.4. The van der Waals surface area contributed by atoms with Crippen molar-refractivity contribution in [3.8, 4) is 11.5 Å². The highest BCUT2D eigenvalue weighted by Crippen LogP contribution is 2.35. The third kappa shape index (κ3) is 2.33. The highest BCUT2D eigenvalue weighted by molar-refractivity contribution is 14.1. The van der Waals surface area contributed by atoms with E-state index in [1.54, 1.807) is 6.20 Å². The van der Waals surface area contributed by atoms with Crippen molar-refractivity contribution in [2.24, 2.45) is 0 Å². The van der Waals surface area contributed by atoms with Crippen LogP contribution in [0.1, 0.15) is 11.3 Å². The lowest BCUT2D eigenvalue weighted by molar-refractivity contribution is 0.174. The van der Waals surface area contributed by atoms with E-state index in [1.165, 1.54) is 0 Å². The predicted molar refractivity (Wildman–Crippen MR) is 78.4 cm³/mol. The van der Waals surface area contributed by atoms with Gasteiger partial charge in [-0.25, -0.2) is 0 Å². The summed E-state index contributed by atoms with van der Waals surface area (Å²) in [7, 11) is 0. The summed E-state index contributed by atoms with van der Waals surface area (Å²) in [6.07, 6.45) is 5.80. The largest absolute Gasteiger partial charge is 0.454 e. The number of pyridine rings is 1. The van der Waals surface area contributed by atoms with E-state index in [-0.39, 0.29) is 0 Å². The van der Waals surface area contributed by atoms with E-state index in [0.29, 0.717) is 6.79 Å². The van der Waals surface area contributed by atoms with Crippen molar-refractivity contribution in [1.82, 2.24) is 4.98 Å². The topological polar surface area (TPSA) is 31.4 Å². The number of hydrogen-bond acceptors (Lipinski definition) is 3. The molecule has 0 amide bonds. The van der Waals surface area contributed by atoms with Crippen molar-refractivity contribution in [1.29, 1.82) is 0 Å². The molecule has 90 valence electrons. The first kappa shape index (κ1) is 11.5. The Labute approximate surface area is 119 Å². The maximum atomic E-state index is 5.37. The molecule has 0 unspecified atom stereocenters. The first-order valence-electron chi connectivity index (χ1n) is 5.51. The quantitative estimate of drug-likeness (QED) is 0.775. The highest BCUT2D eigenvalue weighted by atomic mass is 127. The van der Waals surface area contributed by atoms with E-state index in [2.05, 4.69) is 27.6 Å². The monoisotopic (exact) mass is 351 g/mol. The Hall–Kier alpha value is -1.56. The van der Waals surface area contributed by atoms with Crippen LogP contribution in [0.15, 0.2) is 36.5 Å². The lowest BCUT2D eigenvalue weighted by Crippen LogP contribution is -1.92. The molecule has 3 nitrogen and oxygen atoms in total. The Morgan fingerprint density at radius 1 is 1.11 bits per heavy atom. The number of nitrogens with zero attached hydrogens (tertiary/aromatic N) is 1. The molecule has 0 spiro atoms. The van der Waals surface area contributed by atoms with E-state index in [1.807, 2.05) is 42.5 Å². The maximum Gasteiger partial charge on any atom is 0.231 e. The van der Waals surface area contributed by atoms with Gasteiger partial charge >= 0.3 is 0 Å². The van der Waals surface area contributed by atoms with Gasteiger partial charge in [0.25, 0.3) is 0 Å². The van der Waals surface area contributed by atoms with Gasteiger partial charge in [-0.3, -0.25) is 4.98 Å². The van der Waals surface area contributed by atoms with Crippen LogP contribution in [0.3, 0.4) is 0 Å². The van der Waals surface area contributed by atoms with Gasteiger partial charge in [0, 0.05) is 9.77 Å². The fourth-order valence-corrected chi connectivity index (χ4v) is 2.33. The average Bonchev–Trinajstić information content (AvgIpc) is 2.84. The van der Waals surface area contributed by atoms with Gasteiger partial charge < -0.3 is 9.47 Å². The minimum absolute atomic E-state index is 0.304. The van der Waals surface area contributed by atoms with Crippen LogP contribution < -0.4 is 9.47 Å². The molecule has 0 bridgehead atoms. The number of ether oxygens (including phenoxy) is 2. The molecule has 0 aliphatic carbocycles. The molecule has 18 heavy (non-hydrogen) atoms. The van der Waals surface area contributed by atoms with Crippen LogP contribution in [0.5, 0.6) is 11.5 Å². The van der Waals surface area contributed by atoms with Gasteiger partial charge in [-0.1, -0.05) is 12.1 Å². The van der Waals surface area contributed by atoms with Gasteiger partial charge in [0.05, 0.1) is 5.69 Å². The second-order valence-corrected chi connectivity index (χ2v) is 4.98. The van der Waals surface area contributed by atoms with E-state index in [4.69, 9.17) is 9.47 Å². The minimum Gasteiger partial charge on any atom is -0.454 e. The fraction of sp³-hybridized carbons (Fsp3) is 0.0714. The van der Waals surface area contributed by atoms with Crippen LogP contribution in [-0.2, 0) is 0 Å². The van der Waals surface area contributed by atoms with E-state index >= 15 is 0 Å². The van der Waals surface area contributed by atoms with Gasteiger partial charge in [0.2, 0.25) is 6.79 Å². The lowest BCUT2D eigenvalue weighted by atomic mass is 10.1. The van der Waals surface area contributed by atoms with Gasteiger partial charge in [-0.15, -0.1) is 0 Å². The highest BCUT2D eigenvalue weighted by Gasteiger charge is 2.14. The third-order valence-electron chi connectivity index (χ3n) is 2.61. The number of rotatable bonds is 2. The Kier molecular flexibility index (Phi) is 3.19. The summed E-state index contributed by atoms with van der Waals surface area (Å²) in [5, 5.41) is 0. The van der Waals surface area contributed by atoms with Crippen molar-refractivity contribution in [2.45, 2.75) is 0 Å². The Morgan fingerprint density at radius 3 is 2.72 bits per heavy atom. The maximum absolute atomic E-state index is 5.37.